The van der Waals surface area contributed by atoms with E-state index < -0.39 is 28.3 Å². The molecule has 1 aliphatic rings. The van der Waals surface area contributed by atoms with Gasteiger partial charge < -0.3 is 29.4 Å². The van der Waals surface area contributed by atoms with Gasteiger partial charge in [0, 0.05) is 19.5 Å². The largest absolute Gasteiger partial charge is 0.497 e. The van der Waals surface area contributed by atoms with Crippen molar-refractivity contribution in [3.63, 3.8) is 0 Å². The number of ether oxygens (including phenoxy) is 4. The minimum absolute atomic E-state index is 0.0156. The molecule has 0 spiro atoms. The number of sulfonamides is 1. The fraction of sp³-hybridized carbons (Fsp3) is 0.441. The van der Waals surface area contributed by atoms with Crippen LogP contribution in [0.3, 0.4) is 0 Å². The molecular weight excluding hydrogens is 596 g/mol. The molecule has 1 aliphatic heterocycles. The minimum Gasteiger partial charge on any atom is -0.497 e. The summed E-state index contributed by atoms with van der Waals surface area (Å²) in [5.74, 6) is 1.33. The second-order valence-electron chi connectivity index (χ2n) is 11.7. The Morgan fingerprint density at radius 1 is 1.00 bits per heavy atom. The van der Waals surface area contributed by atoms with E-state index in [1.165, 1.54) is 23.5 Å². The number of alkyl carbamates (subject to hydrolysis) is 1. The average molecular weight is 641 g/mol. The highest BCUT2D eigenvalue weighted by molar-refractivity contribution is 7.89. The normalized spacial score (nSPS) is 16.4. The smallest absolute Gasteiger partial charge is 0.407 e. The highest BCUT2D eigenvalue weighted by Crippen LogP contribution is 2.27. The summed E-state index contributed by atoms with van der Waals surface area (Å²) in [5, 5.41) is 14.3. The van der Waals surface area contributed by atoms with E-state index in [4.69, 9.17) is 18.9 Å². The maximum atomic E-state index is 13.7. The number of amides is 1. The first kappa shape index (κ1) is 34.2. The summed E-state index contributed by atoms with van der Waals surface area (Å²) in [7, 11) is -0.813. The van der Waals surface area contributed by atoms with Gasteiger partial charge in [-0.3, -0.25) is 0 Å². The van der Waals surface area contributed by atoms with Crippen LogP contribution in [0.15, 0.2) is 71.6 Å². The van der Waals surface area contributed by atoms with Crippen molar-refractivity contribution in [1.29, 1.82) is 0 Å². The van der Waals surface area contributed by atoms with Gasteiger partial charge >= 0.3 is 6.09 Å². The topological polar surface area (TPSA) is 124 Å². The van der Waals surface area contributed by atoms with E-state index >= 15 is 0 Å². The van der Waals surface area contributed by atoms with Gasteiger partial charge in [0.05, 0.1) is 44.5 Å². The van der Waals surface area contributed by atoms with Crippen LogP contribution >= 0.6 is 0 Å². The average Bonchev–Trinajstić information content (AvgIpc) is 3.53. The van der Waals surface area contributed by atoms with E-state index in [9.17, 15) is 18.3 Å². The van der Waals surface area contributed by atoms with Crippen molar-refractivity contribution in [1.82, 2.24) is 9.62 Å². The molecule has 3 atom stereocenters. The van der Waals surface area contributed by atoms with Crippen molar-refractivity contribution in [3.8, 4) is 22.6 Å². The van der Waals surface area contributed by atoms with Crippen LogP contribution in [0, 0.1) is 12.8 Å². The monoisotopic (exact) mass is 640 g/mol. The van der Waals surface area contributed by atoms with Crippen molar-refractivity contribution >= 4 is 16.1 Å². The minimum atomic E-state index is -3.97. The molecule has 0 radical (unpaired) electrons. The van der Waals surface area contributed by atoms with Gasteiger partial charge in [0.1, 0.15) is 17.6 Å². The number of aryl methyl sites for hydroxylation is 1. The Labute approximate surface area is 266 Å². The number of rotatable bonds is 14. The van der Waals surface area contributed by atoms with Crippen molar-refractivity contribution in [2.75, 3.05) is 40.5 Å². The molecule has 3 aromatic rings. The lowest BCUT2D eigenvalue weighted by atomic mass is 9.97. The number of nitrogens with zero attached hydrogens (tertiary/aromatic N) is 1. The Hall–Kier alpha value is -3.64. The van der Waals surface area contributed by atoms with Gasteiger partial charge in [0.15, 0.2) is 0 Å². The lowest BCUT2D eigenvalue weighted by Crippen LogP contribution is -2.51. The zero-order valence-electron chi connectivity index (χ0n) is 26.6. The number of carbonyl (C=O) groups excluding carboxylic acids is 1. The van der Waals surface area contributed by atoms with Crippen LogP contribution in [0.4, 0.5) is 4.79 Å². The highest BCUT2D eigenvalue weighted by atomic mass is 32.2. The molecule has 3 aromatic carbocycles. The van der Waals surface area contributed by atoms with Crippen LogP contribution in [0.25, 0.3) is 11.1 Å². The number of nitrogens with one attached hydrogen (secondary N) is 1. The summed E-state index contributed by atoms with van der Waals surface area (Å²) in [6.07, 6.45) is -1.46. The molecule has 1 fully saturated rings. The van der Waals surface area contributed by atoms with Crippen molar-refractivity contribution < 1.29 is 37.3 Å². The van der Waals surface area contributed by atoms with Gasteiger partial charge in [-0.1, -0.05) is 44.2 Å². The molecule has 244 valence electrons. The maximum absolute atomic E-state index is 13.7. The van der Waals surface area contributed by atoms with Crippen LogP contribution in [-0.2, 0) is 25.9 Å². The van der Waals surface area contributed by atoms with Crippen LogP contribution in [-0.4, -0.2) is 82.7 Å². The standard InChI is InChI=1S/C34H44N2O8S/c1-23(2)20-36(45(39,40)30-13-11-28(41-4)12-14-30)21-32(37)31(35-34(38)44-29-16-17-43-22-29)19-25-6-8-26(9-7-25)27-10-15-33(42-5)24(3)18-27/h6-15,18,23,29,31-32,37H,16-17,19-22H2,1-5H3,(H,35,38)/t29-,31-,32+/m0/s1. The highest BCUT2D eigenvalue weighted by Gasteiger charge is 2.32. The summed E-state index contributed by atoms with van der Waals surface area (Å²) >= 11 is 0. The number of methoxy groups -OCH3 is 2. The van der Waals surface area contributed by atoms with E-state index in [1.54, 1.807) is 19.2 Å². The number of aliphatic hydroxyl groups excluding tert-OH is 1. The van der Waals surface area contributed by atoms with Gasteiger partial charge in [-0.15, -0.1) is 0 Å². The van der Waals surface area contributed by atoms with E-state index in [0.717, 1.165) is 28.0 Å². The zero-order valence-corrected chi connectivity index (χ0v) is 27.4. The fourth-order valence-corrected chi connectivity index (χ4v) is 6.90. The molecule has 10 nitrogen and oxygen atoms in total. The molecule has 45 heavy (non-hydrogen) atoms. The SMILES string of the molecule is COc1ccc(S(=O)(=O)N(CC(C)C)C[C@@H](O)[C@H](Cc2ccc(-c3ccc(OC)c(C)c3)cc2)NC(=O)O[C@H]2CCOC2)cc1. The summed E-state index contributed by atoms with van der Waals surface area (Å²) in [6.45, 7) is 6.58. The van der Waals surface area contributed by atoms with Crippen LogP contribution in [0.2, 0.25) is 0 Å². The first-order valence-corrected chi connectivity index (χ1v) is 16.5. The van der Waals surface area contributed by atoms with Crippen LogP contribution < -0.4 is 14.8 Å². The van der Waals surface area contributed by atoms with Gasteiger partial charge in [0.25, 0.3) is 0 Å². The lowest BCUT2D eigenvalue weighted by molar-refractivity contribution is 0.0644. The Morgan fingerprint density at radius 2 is 1.69 bits per heavy atom. The molecule has 1 heterocycles. The Morgan fingerprint density at radius 3 is 2.27 bits per heavy atom. The number of aliphatic hydroxyl groups is 1. The van der Waals surface area contributed by atoms with E-state index in [1.807, 2.05) is 57.2 Å². The molecule has 1 amide bonds. The molecule has 0 aliphatic carbocycles. The molecule has 0 aromatic heterocycles. The van der Waals surface area contributed by atoms with Crippen LogP contribution in [0.1, 0.15) is 31.4 Å². The van der Waals surface area contributed by atoms with Gasteiger partial charge in [0.2, 0.25) is 10.0 Å². The molecule has 0 unspecified atom stereocenters. The molecule has 1 saturated heterocycles. The number of hydrogen-bond acceptors (Lipinski definition) is 8. The Bertz CT molecular complexity index is 1500. The van der Waals surface area contributed by atoms with Gasteiger partial charge in [-0.25, -0.2) is 13.2 Å². The second-order valence-corrected chi connectivity index (χ2v) is 13.6. The quantitative estimate of drug-likeness (QED) is 0.257. The molecule has 0 bridgehead atoms. The van der Waals surface area contributed by atoms with Crippen molar-refractivity contribution in [2.45, 2.75) is 56.8 Å². The number of hydrogen-bond donors (Lipinski definition) is 2. The van der Waals surface area contributed by atoms with Crippen LogP contribution in [0.5, 0.6) is 11.5 Å². The van der Waals surface area contributed by atoms with E-state index in [-0.39, 0.29) is 36.4 Å². The first-order chi connectivity index (χ1) is 21.5. The summed E-state index contributed by atoms with van der Waals surface area (Å²) in [6, 6.07) is 19.1. The summed E-state index contributed by atoms with van der Waals surface area (Å²) in [5.41, 5.74) is 3.91. The van der Waals surface area contributed by atoms with Crippen molar-refractivity contribution in [3.05, 3.63) is 77.9 Å². The molecular formula is C34H44N2O8S. The van der Waals surface area contributed by atoms with Gasteiger partial charge in [-0.05, 0) is 77.9 Å². The first-order valence-electron chi connectivity index (χ1n) is 15.1. The lowest BCUT2D eigenvalue weighted by Gasteiger charge is -2.30. The predicted octanol–water partition coefficient (Wildman–Crippen LogP) is 4.81. The maximum Gasteiger partial charge on any atom is 0.407 e. The van der Waals surface area contributed by atoms with E-state index in [0.29, 0.717) is 25.4 Å². The summed E-state index contributed by atoms with van der Waals surface area (Å²) in [4.78, 5) is 13.0. The second kappa shape index (κ2) is 15.6. The fourth-order valence-electron chi connectivity index (χ4n) is 5.28. The molecule has 0 saturated carbocycles. The van der Waals surface area contributed by atoms with Gasteiger partial charge in [-0.2, -0.15) is 4.31 Å². The van der Waals surface area contributed by atoms with Crippen molar-refractivity contribution in [2.24, 2.45) is 5.92 Å². The molecule has 2 N–H and O–H groups in total. The molecule has 11 heteroatoms. The van der Waals surface area contributed by atoms with E-state index in [2.05, 4.69) is 11.4 Å². The Balaban J connectivity index is 1.56. The number of carbonyl (C=O) groups is 1. The third kappa shape index (κ3) is 9.20. The Kier molecular flexibility index (Phi) is 11.8. The number of benzene rings is 3. The molecule has 4 rings (SSSR count). The summed E-state index contributed by atoms with van der Waals surface area (Å²) < 4.78 is 50.1. The predicted molar refractivity (Wildman–Crippen MR) is 172 cm³/mol. The third-order valence-electron chi connectivity index (χ3n) is 7.72. The zero-order chi connectivity index (χ0) is 32.6. The third-order valence-corrected chi connectivity index (χ3v) is 9.57.